The first-order chi connectivity index (χ1) is 11.4. The molecule has 1 saturated heterocycles. The minimum Gasteiger partial charge on any atom is -0.473 e. The minimum atomic E-state index is -1.82. The number of aryl methyl sites for hydroxylation is 1. The van der Waals surface area contributed by atoms with Gasteiger partial charge >= 0.3 is 11.9 Å². The van der Waals surface area contributed by atoms with E-state index in [2.05, 4.69) is 10.2 Å². The number of carbonyl (C=O) groups excluding carboxylic acids is 1. The Morgan fingerprint density at radius 3 is 2.12 bits per heavy atom. The summed E-state index contributed by atoms with van der Waals surface area (Å²) in [7, 11) is 0. The van der Waals surface area contributed by atoms with Gasteiger partial charge in [0.15, 0.2) is 0 Å². The van der Waals surface area contributed by atoms with Crippen molar-refractivity contribution in [1.82, 2.24) is 4.90 Å². The Balaban J connectivity index is 0.000000413. The van der Waals surface area contributed by atoms with Crippen molar-refractivity contribution in [2.75, 3.05) is 25.0 Å². The van der Waals surface area contributed by atoms with Crippen LogP contribution in [-0.2, 0) is 14.4 Å². The Morgan fingerprint density at radius 2 is 1.62 bits per heavy atom. The summed E-state index contributed by atoms with van der Waals surface area (Å²) in [5, 5.41) is 17.8. The molecule has 0 radical (unpaired) electrons. The Kier molecular flexibility index (Phi) is 8.49. The Bertz CT molecular complexity index is 554. The predicted octanol–water partition coefficient (Wildman–Crippen LogP) is 1.97. The van der Waals surface area contributed by atoms with E-state index in [1.54, 1.807) is 0 Å². The van der Waals surface area contributed by atoms with Crippen molar-refractivity contribution in [1.29, 1.82) is 0 Å². The van der Waals surface area contributed by atoms with E-state index >= 15 is 0 Å². The molecule has 1 aliphatic heterocycles. The van der Waals surface area contributed by atoms with Crippen LogP contribution in [0.3, 0.4) is 0 Å². The molecule has 0 spiro atoms. The number of aliphatic carboxylic acids is 2. The fourth-order valence-corrected chi connectivity index (χ4v) is 2.42. The first kappa shape index (κ1) is 19.6. The first-order valence-corrected chi connectivity index (χ1v) is 7.93. The molecule has 1 fully saturated rings. The molecule has 24 heavy (non-hydrogen) atoms. The molecular weight excluding hydrogens is 312 g/mol. The van der Waals surface area contributed by atoms with E-state index in [9.17, 15) is 4.79 Å². The van der Waals surface area contributed by atoms with Crippen LogP contribution in [0.5, 0.6) is 0 Å². The second-order valence-electron chi connectivity index (χ2n) is 5.72. The zero-order chi connectivity index (χ0) is 17.9. The van der Waals surface area contributed by atoms with E-state index in [0.29, 0.717) is 6.54 Å². The van der Waals surface area contributed by atoms with E-state index < -0.39 is 11.9 Å². The SMILES string of the molecule is Cc1cccc(NC(=O)CN2CCCCCC2)c1.O=C(O)C(=O)O. The van der Waals surface area contributed by atoms with Gasteiger partial charge < -0.3 is 15.5 Å². The summed E-state index contributed by atoms with van der Waals surface area (Å²) in [5.74, 6) is -3.55. The van der Waals surface area contributed by atoms with Gasteiger partial charge in [-0.15, -0.1) is 0 Å². The molecular formula is C17H24N2O5. The quantitative estimate of drug-likeness (QED) is 0.729. The van der Waals surface area contributed by atoms with Crippen molar-refractivity contribution >= 4 is 23.5 Å². The van der Waals surface area contributed by atoms with Gasteiger partial charge in [-0.05, 0) is 50.6 Å². The van der Waals surface area contributed by atoms with Crippen LogP contribution in [0.25, 0.3) is 0 Å². The van der Waals surface area contributed by atoms with Crippen LogP contribution >= 0.6 is 0 Å². The summed E-state index contributed by atoms with van der Waals surface area (Å²) in [6.45, 7) is 4.67. The van der Waals surface area contributed by atoms with E-state index in [-0.39, 0.29) is 5.91 Å². The number of nitrogens with one attached hydrogen (secondary N) is 1. The molecule has 132 valence electrons. The lowest BCUT2D eigenvalue weighted by Crippen LogP contribution is -2.33. The maximum atomic E-state index is 12.0. The van der Waals surface area contributed by atoms with Crippen LogP contribution in [0.2, 0.25) is 0 Å². The predicted molar refractivity (Wildman–Crippen MR) is 90.0 cm³/mol. The monoisotopic (exact) mass is 336 g/mol. The van der Waals surface area contributed by atoms with Crippen LogP contribution in [0.15, 0.2) is 24.3 Å². The number of carboxylic acid groups (broad SMARTS) is 2. The van der Waals surface area contributed by atoms with Crippen molar-refractivity contribution in [2.45, 2.75) is 32.6 Å². The second-order valence-corrected chi connectivity index (χ2v) is 5.72. The number of likely N-dealkylation sites (tertiary alicyclic amines) is 1. The fourth-order valence-electron chi connectivity index (χ4n) is 2.42. The van der Waals surface area contributed by atoms with Gasteiger partial charge in [0, 0.05) is 5.69 Å². The summed E-state index contributed by atoms with van der Waals surface area (Å²) in [6, 6.07) is 7.94. The van der Waals surface area contributed by atoms with Crippen LogP contribution in [0.1, 0.15) is 31.2 Å². The molecule has 1 aliphatic rings. The average molecular weight is 336 g/mol. The van der Waals surface area contributed by atoms with E-state index in [0.717, 1.165) is 18.8 Å². The Hall–Kier alpha value is -2.41. The number of carbonyl (C=O) groups is 3. The molecule has 3 N–H and O–H groups in total. The van der Waals surface area contributed by atoms with Gasteiger partial charge in [0.25, 0.3) is 0 Å². The zero-order valence-electron chi connectivity index (χ0n) is 13.8. The van der Waals surface area contributed by atoms with Gasteiger partial charge in [-0.2, -0.15) is 0 Å². The molecule has 0 aliphatic carbocycles. The summed E-state index contributed by atoms with van der Waals surface area (Å²) in [5.41, 5.74) is 2.07. The number of hydrogen-bond donors (Lipinski definition) is 3. The Morgan fingerprint density at radius 1 is 1.04 bits per heavy atom. The van der Waals surface area contributed by atoms with Gasteiger partial charge in [0.2, 0.25) is 5.91 Å². The number of hydrogen-bond acceptors (Lipinski definition) is 4. The standard InChI is InChI=1S/C15H22N2O.C2H2O4/c1-13-7-6-8-14(11-13)16-15(18)12-17-9-4-2-3-5-10-17;3-1(4)2(5)6/h6-8,11H,2-5,9-10,12H2,1H3,(H,16,18);(H,3,4)(H,5,6). The van der Waals surface area contributed by atoms with Crippen molar-refractivity contribution in [3.8, 4) is 0 Å². The molecule has 7 nitrogen and oxygen atoms in total. The first-order valence-electron chi connectivity index (χ1n) is 7.93. The number of amides is 1. The molecule has 0 saturated carbocycles. The number of carboxylic acids is 2. The van der Waals surface area contributed by atoms with E-state index in [1.807, 2.05) is 31.2 Å². The van der Waals surface area contributed by atoms with Crippen molar-refractivity contribution in [3.05, 3.63) is 29.8 Å². The molecule has 1 amide bonds. The van der Waals surface area contributed by atoms with Gasteiger partial charge in [-0.25, -0.2) is 9.59 Å². The second kappa shape index (κ2) is 10.4. The number of nitrogens with zero attached hydrogens (tertiary/aromatic N) is 1. The van der Waals surface area contributed by atoms with Gasteiger partial charge in [0.1, 0.15) is 0 Å². The maximum absolute atomic E-state index is 12.0. The van der Waals surface area contributed by atoms with Crippen molar-refractivity contribution < 1.29 is 24.6 Å². The highest BCUT2D eigenvalue weighted by Gasteiger charge is 2.12. The molecule has 0 atom stereocenters. The smallest absolute Gasteiger partial charge is 0.414 e. The molecule has 1 aromatic rings. The average Bonchev–Trinajstić information content (AvgIpc) is 2.76. The lowest BCUT2D eigenvalue weighted by molar-refractivity contribution is -0.159. The number of benzene rings is 1. The van der Waals surface area contributed by atoms with Gasteiger partial charge in [-0.1, -0.05) is 25.0 Å². The number of rotatable bonds is 3. The summed E-state index contributed by atoms with van der Waals surface area (Å²) < 4.78 is 0. The highest BCUT2D eigenvalue weighted by atomic mass is 16.4. The lowest BCUT2D eigenvalue weighted by Gasteiger charge is -2.19. The topological polar surface area (TPSA) is 107 Å². The molecule has 0 unspecified atom stereocenters. The van der Waals surface area contributed by atoms with Crippen LogP contribution in [0, 0.1) is 6.92 Å². The molecule has 1 aromatic carbocycles. The molecule has 7 heteroatoms. The maximum Gasteiger partial charge on any atom is 0.414 e. The largest absolute Gasteiger partial charge is 0.473 e. The van der Waals surface area contributed by atoms with Crippen molar-refractivity contribution in [3.63, 3.8) is 0 Å². The lowest BCUT2D eigenvalue weighted by atomic mass is 10.2. The van der Waals surface area contributed by atoms with Crippen LogP contribution in [0.4, 0.5) is 5.69 Å². The van der Waals surface area contributed by atoms with Gasteiger partial charge in [0.05, 0.1) is 6.54 Å². The normalized spacial score (nSPS) is 14.7. The summed E-state index contributed by atoms with van der Waals surface area (Å²) in [4.78, 5) is 32.4. The third kappa shape index (κ3) is 8.28. The van der Waals surface area contributed by atoms with Crippen molar-refractivity contribution in [2.24, 2.45) is 0 Å². The summed E-state index contributed by atoms with van der Waals surface area (Å²) >= 11 is 0. The highest BCUT2D eigenvalue weighted by Crippen LogP contribution is 2.11. The third-order valence-corrected chi connectivity index (χ3v) is 3.55. The fraction of sp³-hybridized carbons (Fsp3) is 0.471. The molecule has 0 aromatic heterocycles. The van der Waals surface area contributed by atoms with Crippen LogP contribution < -0.4 is 5.32 Å². The summed E-state index contributed by atoms with van der Waals surface area (Å²) in [6.07, 6.45) is 5.04. The molecule has 2 rings (SSSR count). The number of anilines is 1. The van der Waals surface area contributed by atoms with Gasteiger partial charge in [-0.3, -0.25) is 9.69 Å². The third-order valence-electron chi connectivity index (χ3n) is 3.55. The van der Waals surface area contributed by atoms with E-state index in [4.69, 9.17) is 19.8 Å². The minimum absolute atomic E-state index is 0.0995. The molecule has 0 bridgehead atoms. The zero-order valence-corrected chi connectivity index (χ0v) is 13.8. The van der Waals surface area contributed by atoms with E-state index in [1.165, 1.54) is 31.2 Å². The highest BCUT2D eigenvalue weighted by molar-refractivity contribution is 6.27. The molecule has 1 heterocycles. The Labute approximate surface area is 141 Å². The van der Waals surface area contributed by atoms with Crippen LogP contribution in [-0.4, -0.2) is 52.6 Å².